The summed E-state index contributed by atoms with van der Waals surface area (Å²) in [6, 6.07) is 12.5. The van der Waals surface area contributed by atoms with Gasteiger partial charge in [0.15, 0.2) is 0 Å². The number of halogens is 3. The number of benzene rings is 2. The first-order chi connectivity index (χ1) is 15.7. The Balaban J connectivity index is 1.82. The van der Waals surface area contributed by atoms with Crippen molar-refractivity contribution in [3.63, 3.8) is 0 Å². The van der Waals surface area contributed by atoms with E-state index in [-0.39, 0.29) is 24.7 Å². The fraction of sp³-hybridized carbons (Fsp3) is 0.250. The maximum absolute atomic E-state index is 13.1. The number of ether oxygens (including phenoxy) is 2. The molecule has 0 radical (unpaired) electrons. The van der Waals surface area contributed by atoms with Gasteiger partial charge >= 0.3 is 6.18 Å². The molecular weight excluding hydrogens is 435 g/mol. The molecule has 0 fully saturated rings. The average molecular weight is 459 g/mol. The lowest BCUT2D eigenvalue weighted by molar-refractivity contribution is -0.137. The van der Waals surface area contributed by atoms with Crippen LogP contribution in [0.4, 0.5) is 18.9 Å². The molecule has 0 aliphatic carbocycles. The van der Waals surface area contributed by atoms with Crippen LogP contribution in [0.5, 0.6) is 5.75 Å². The van der Waals surface area contributed by atoms with Crippen LogP contribution in [-0.2, 0) is 15.7 Å². The van der Waals surface area contributed by atoms with Crippen LogP contribution in [-0.4, -0.2) is 36.0 Å². The Morgan fingerprint density at radius 1 is 1.12 bits per heavy atom. The summed E-state index contributed by atoms with van der Waals surface area (Å²) in [6.07, 6.45) is -1.71. The van der Waals surface area contributed by atoms with E-state index in [9.17, 15) is 18.0 Å². The molecule has 9 heteroatoms. The van der Waals surface area contributed by atoms with Gasteiger partial charge in [-0.3, -0.25) is 4.79 Å². The van der Waals surface area contributed by atoms with Gasteiger partial charge in [0.1, 0.15) is 12.4 Å². The highest BCUT2D eigenvalue weighted by atomic mass is 19.4. The molecule has 3 rings (SSSR count). The van der Waals surface area contributed by atoms with Crippen molar-refractivity contribution in [2.45, 2.75) is 20.0 Å². The number of para-hydroxylation sites is 1. The third-order valence-corrected chi connectivity index (χ3v) is 4.86. The van der Waals surface area contributed by atoms with E-state index in [0.717, 1.165) is 29.1 Å². The van der Waals surface area contributed by atoms with Crippen LogP contribution in [0.3, 0.4) is 0 Å². The molecular formula is C24H24F3N3O3. The Morgan fingerprint density at radius 3 is 2.52 bits per heavy atom. The Kier molecular flexibility index (Phi) is 7.55. The number of amides is 1. The molecule has 1 N–H and O–H groups in total. The summed E-state index contributed by atoms with van der Waals surface area (Å²) in [6.45, 7) is 4.06. The van der Waals surface area contributed by atoms with Gasteiger partial charge < -0.3 is 14.8 Å². The molecule has 0 saturated carbocycles. The predicted molar refractivity (Wildman–Crippen MR) is 120 cm³/mol. The number of nitrogens with zero attached hydrogens (tertiary/aromatic N) is 2. The van der Waals surface area contributed by atoms with Crippen molar-refractivity contribution in [3.05, 3.63) is 77.1 Å². The van der Waals surface area contributed by atoms with Gasteiger partial charge in [0.2, 0.25) is 5.91 Å². The van der Waals surface area contributed by atoms with Gasteiger partial charge in [-0.15, -0.1) is 0 Å². The Hall–Kier alpha value is -3.59. The summed E-state index contributed by atoms with van der Waals surface area (Å²) < 4.78 is 51.6. The number of methoxy groups -OCH3 is 1. The van der Waals surface area contributed by atoms with Gasteiger partial charge in [-0.05, 0) is 50.3 Å². The number of anilines is 1. The average Bonchev–Trinajstić information content (AvgIpc) is 3.06. The molecule has 1 heterocycles. The maximum atomic E-state index is 13.1. The molecule has 1 amide bonds. The van der Waals surface area contributed by atoms with Crippen LogP contribution < -0.4 is 10.1 Å². The first kappa shape index (κ1) is 24.1. The van der Waals surface area contributed by atoms with E-state index in [2.05, 4.69) is 10.4 Å². The first-order valence-electron chi connectivity index (χ1n) is 10.1. The van der Waals surface area contributed by atoms with Crippen molar-refractivity contribution in [2.24, 2.45) is 0 Å². The van der Waals surface area contributed by atoms with Crippen LogP contribution in [0.25, 0.3) is 11.8 Å². The maximum Gasteiger partial charge on any atom is 0.416 e. The van der Waals surface area contributed by atoms with Gasteiger partial charge in [-0.25, -0.2) is 4.68 Å². The van der Waals surface area contributed by atoms with Crippen LogP contribution >= 0.6 is 0 Å². The molecule has 33 heavy (non-hydrogen) atoms. The molecule has 0 atom stereocenters. The zero-order chi connectivity index (χ0) is 24.0. The zero-order valence-electron chi connectivity index (χ0n) is 18.4. The van der Waals surface area contributed by atoms with Crippen LogP contribution in [0, 0.1) is 13.8 Å². The number of aryl methyl sites for hydroxylation is 1. The molecule has 2 aromatic carbocycles. The second kappa shape index (κ2) is 10.4. The summed E-state index contributed by atoms with van der Waals surface area (Å²) >= 11 is 0. The van der Waals surface area contributed by atoms with Crippen molar-refractivity contribution >= 4 is 17.7 Å². The number of hydrogen-bond donors (Lipinski definition) is 1. The second-order valence-electron chi connectivity index (χ2n) is 7.20. The van der Waals surface area contributed by atoms with Crippen molar-refractivity contribution in [2.75, 3.05) is 25.6 Å². The van der Waals surface area contributed by atoms with E-state index in [0.29, 0.717) is 5.69 Å². The molecule has 6 nitrogen and oxygen atoms in total. The summed E-state index contributed by atoms with van der Waals surface area (Å²) in [7, 11) is 1.48. The minimum Gasteiger partial charge on any atom is -0.489 e. The predicted octanol–water partition coefficient (Wildman–Crippen LogP) is 5.19. The van der Waals surface area contributed by atoms with E-state index in [1.807, 2.05) is 44.2 Å². The monoisotopic (exact) mass is 459 g/mol. The van der Waals surface area contributed by atoms with Gasteiger partial charge in [0, 0.05) is 24.4 Å². The molecule has 3 aromatic rings. The number of hydrogen-bond acceptors (Lipinski definition) is 4. The summed E-state index contributed by atoms with van der Waals surface area (Å²) in [4.78, 5) is 12.5. The smallest absolute Gasteiger partial charge is 0.416 e. The Morgan fingerprint density at radius 2 is 1.85 bits per heavy atom. The minimum atomic E-state index is -4.55. The number of aromatic nitrogens is 2. The third-order valence-electron chi connectivity index (χ3n) is 4.86. The lowest BCUT2D eigenvalue weighted by Crippen LogP contribution is -2.13. The lowest BCUT2D eigenvalue weighted by atomic mass is 10.1. The largest absolute Gasteiger partial charge is 0.489 e. The number of alkyl halides is 3. The van der Waals surface area contributed by atoms with E-state index < -0.39 is 17.6 Å². The SMILES string of the molecule is COCCOc1ccc(C(F)(F)F)cc1NC(=O)/C=C/c1c(C)nn(-c2ccccc2)c1C. The van der Waals surface area contributed by atoms with E-state index in [1.165, 1.54) is 19.3 Å². The lowest BCUT2D eigenvalue weighted by Gasteiger charge is -2.14. The van der Waals surface area contributed by atoms with Gasteiger partial charge in [-0.1, -0.05) is 18.2 Å². The molecule has 0 aliphatic heterocycles. The highest BCUT2D eigenvalue weighted by Crippen LogP contribution is 2.35. The van der Waals surface area contributed by atoms with E-state index >= 15 is 0 Å². The van der Waals surface area contributed by atoms with Crippen LogP contribution in [0.2, 0.25) is 0 Å². The Bertz CT molecular complexity index is 1140. The highest BCUT2D eigenvalue weighted by Gasteiger charge is 2.31. The van der Waals surface area contributed by atoms with Crippen molar-refractivity contribution < 1.29 is 27.4 Å². The topological polar surface area (TPSA) is 65.4 Å². The van der Waals surface area contributed by atoms with E-state index in [1.54, 1.807) is 10.8 Å². The number of carbonyl (C=O) groups excluding carboxylic acids is 1. The third kappa shape index (κ3) is 6.01. The summed E-state index contributed by atoms with van der Waals surface area (Å²) in [5.41, 5.74) is 2.19. The highest BCUT2D eigenvalue weighted by molar-refractivity contribution is 6.03. The van der Waals surface area contributed by atoms with Crippen LogP contribution in [0.1, 0.15) is 22.5 Å². The van der Waals surface area contributed by atoms with Gasteiger partial charge in [0.25, 0.3) is 0 Å². The molecule has 174 valence electrons. The summed E-state index contributed by atoms with van der Waals surface area (Å²) in [5.74, 6) is -0.483. The van der Waals surface area contributed by atoms with Crippen molar-refractivity contribution in [3.8, 4) is 11.4 Å². The quantitative estimate of drug-likeness (QED) is 0.372. The second-order valence-corrected chi connectivity index (χ2v) is 7.20. The van der Waals surface area contributed by atoms with Crippen molar-refractivity contribution in [1.29, 1.82) is 0 Å². The first-order valence-corrected chi connectivity index (χ1v) is 10.1. The molecule has 0 saturated heterocycles. The summed E-state index contributed by atoms with van der Waals surface area (Å²) in [5, 5.41) is 6.99. The fourth-order valence-corrected chi connectivity index (χ4v) is 3.21. The zero-order valence-corrected chi connectivity index (χ0v) is 18.4. The van der Waals surface area contributed by atoms with Crippen molar-refractivity contribution in [1.82, 2.24) is 9.78 Å². The van der Waals surface area contributed by atoms with Crippen LogP contribution in [0.15, 0.2) is 54.6 Å². The normalized spacial score (nSPS) is 11.7. The van der Waals surface area contributed by atoms with Gasteiger partial charge in [-0.2, -0.15) is 18.3 Å². The Labute approximate surface area is 189 Å². The standard InChI is InChI=1S/C24H24F3N3O3/c1-16-20(17(2)30(29-16)19-7-5-4-6-8-19)10-12-23(31)28-21-15-18(24(25,26)27)9-11-22(21)33-14-13-32-3/h4-12,15H,13-14H2,1-3H3,(H,28,31)/b12-10+. The van der Waals surface area contributed by atoms with Gasteiger partial charge in [0.05, 0.1) is 29.2 Å². The number of nitrogens with one attached hydrogen (secondary N) is 1. The molecule has 1 aromatic heterocycles. The molecule has 0 aliphatic rings. The number of carbonyl (C=O) groups is 1. The molecule has 0 unspecified atom stereocenters. The fourth-order valence-electron chi connectivity index (χ4n) is 3.21. The molecule has 0 bridgehead atoms. The minimum absolute atomic E-state index is 0.0796. The molecule has 0 spiro atoms. The number of rotatable bonds is 8. The van der Waals surface area contributed by atoms with E-state index in [4.69, 9.17) is 9.47 Å².